The van der Waals surface area contributed by atoms with Gasteiger partial charge in [-0.15, -0.1) is 11.6 Å². The van der Waals surface area contributed by atoms with Crippen molar-refractivity contribution in [1.29, 1.82) is 0 Å². The molecule has 1 atom stereocenters. The van der Waals surface area contributed by atoms with Crippen LogP contribution in [0.3, 0.4) is 0 Å². The zero-order valence-corrected chi connectivity index (χ0v) is 13.3. The topological polar surface area (TPSA) is 46.2 Å². The first-order chi connectivity index (χ1) is 8.92. The van der Waals surface area contributed by atoms with Crippen LogP contribution in [0, 0.1) is 5.92 Å². The summed E-state index contributed by atoms with van der Waals surface area (Å²) in [5, 5.41) is 3.25. The molecule has 0 heterocycles. The van der Waals surface area contributed by atoms with Crippen LogP contribution in [0.25, 0.3) is 0 Å². The van der Waals surface area contributed by atoms with Crippen LogP contribution in [-0.4, -0.2) is 26.1 Å². The Kier molecular flexibility index (Phi) is 6.14. The van der Waals surface area contributed by atoms with Crippen LogP contribution >= 0.6 is 11.6 Å². The minimum absolute atomic E-state index is 0.0552. The molecule has 0 radical (unpaired) electrons. The van der Waals surface area contributed by atoms with Crippen molar-refractivity contribution < 1.29 is 8.42 Å². The molecular formula is C14H22ClNO2S. The number of anilines is 1. The molecule has 108 valence electrons. The average molecular weight is 304 g/mol. The zero-order chi connectivity index (χ0) is 14.5. The van der Waals surface area contributed by atoms with Crippen molar-refractivity contribution in [2.45, 2.75) is 38.1 Å². The van der Waals surface area contributed by atoms with Gasteiger partial charge in [0.2, 0.25) is 0 Å². The van der Waals surface area contributed by atoms with Crippen molar-refractivity contribution >= 4 is 27.1 Å². The van der Waals surface area contributed by atoms with E-state index in [2.05, 4.69) is 19.2 Å². The normalized spacial score (nSPS) is 13.5. The Morgan fingerprint density at radius 1 is 1.26 bits per heavy atom. The highest BCUT2D eigenvalue weighted by Gasteiger charge is 2.20. The van der Waals surface area contributed by atoms with Gasteiger partial charge in [0.05, 0.1) is 16.3 Å². The molecule has 1 aromatic rings. The Hall–Kier alpha value is -0.740. The van der Waals surface area contributed by atoms with Crippen LogP contribution in [0.4, 0.5) is 5.69 Å². The minimum Gasteiger partial charge on any atom is -0.380 e. The third-order valence-electron chi connectivity index (χ3n) is 3.01. The van der Waals surface area contributed by atoms with Gasteiger partial charge in [0.15, 0.2) is 9.84 Å². The minimum atomic E-state index is -3.23. The summed E-state index contributed by atoms with van der Waals surface area (Å²) in [5.41, 5.74) is 0.648. The molecule has 1 aromatic carbocycles. The number of alkyl halides is 1. The molecule has 0 aliphatic rings. The van der Waals surface area contributed by atoms with Crippen LogP contribution in [0.2, 0.25) is 0 Å². The lowest BCUT2D eigenvalue weighted by Gasteiger charge is -2.22. The predicted molar refractivity (Wildman–Crippen MR) is 81.8 cm³/mol. The SMILES string of the molecule is CCCS(=O)(=O)c1ccccc1NC(CCl)C(C)C. The molecule has 0 spiro atoms. The highest BCUT2D eigenvalue weighted by atomic mass is 35.5. The van der Waals surface area contributed by atoms with Crippen molar-refractivity contribution in [3.8, 4) is 0 Å². The number of nitrogens with one attached hydrogen (secondary N) is 1. The fraction of sp³-hybridized carbons (Fsp3) is 0.571. The third kappa shape index (κ3) is 4.39. The van der Waals surface area contributed by atoms with Crippen LogP contribution in [-0.2, 0) is 9.84 Å². The molecule has 19 heavy (non-hydrogen) atoms. The van der Waals surface area contributed by atoms with Gasteiger partial charge in [0, 0.05) is 11.9 Å². The summed E-state index contributed by atoms with van der Waals surface area (Å²) in [7, 11) is -3.23. The van der Waals surface area contributed by atoms with Crippen molar-refractivity contribution in [1.82, 2.24) is 0 Å². The molecule has 1 rings (SSSR count). The highest BCUT2D eigenvalue weighted by molar-refractivity contribution is 7.91. The largest absolute Gasteiger partial charge is 0.380 e. The molecule has 0 aliphatic heterocycles. The second-order valence-electron chi connectivity index (χ2n) is 4.96. The summed E-state index contributed by atoms with van der Waals surface area (Å²) < 4.78 is 24.4. The lowest BCUT2D eigenvalue weighted by molar-refractivity contribution is 0.562. The molecule has 1 unspecified atom stereocenters. The van der Waals surface area contributed by atoms with Crippen LogP contribution < -0.4 is 5.32 Å². The van der Waals surface area contributed by atoms with E-state index < -0.39 is 9.84 Å². The monoisotopic (exact) mass is 303 g/mol. The average Bonchev–Trinajstić information content (AvgIpc) is 2.35. The van der Waals surface area contributed by atoms with E-state index in [9.17, 15) is 8.42 Å². The molecule has 0 bridgehead atoms. The fourth-order valence-corrected chi connectivity index (χ4v) is 3.76. The van der Waals surface area contributed by atoms with Gasteiger partial charge in [0.25, 0.3) is 0 Å². The Bertz CT molecular complexity index is 500. The summed E-state index contributed by atoms with van der Waals surface area (Å²) >= 11 is 5.93. The van der Waals surface area contributed by atoms with Crippen LogP contribution in [0.5, 0.6) is 0 Å². The zero-order valence-electron chi connectivity index (χ0n) is 11.7. The maximum atomic E-state index is 12.2. The number of sulfone groups is 1. The van der Waals surface area contributed by atoms with E-state index in [4.69, 9.17) is 11.6 Å². The molecule has 3 nitrogen and oxygen atoms in total. The van der Waals surface area contributed by atoms with Crippen LogP contribution in [0.1, 0.15) is 27.2 Å². The van der Waals surface area contributed by atoms with E-state index in [1.807, 2.05) is 13.0 Å². The highest BCUT2D eigenvalue weighted by Crippen LogP contribution is 2.24. The van der Waals surface area contributed by atoms with Gasteiger partial charge < -0.3 is 5.32 Å². The van der Waals surface area contributed by atoms with Crippen molar-refractivity contribution in [3.63, 3.8) is 0 Å². The number of halogens is 1. The molecule has 0 fully saturated rings. The Morgan fingerprint density at radius 3 is 2.42 bits per heavy atom. The summed E-state index contributed by atoms with van der Waals surface area (Å²) in [6.45, 7) is 5.98. The van der Waals surface area contributed by atoms with Gasteiger partial charge in [-0.05, 0) is 24.5 Å². The van der Waals surface area contributed by atoms with E-state index in [0.717, 1.165) is 0 Å². The maximum absolute atomic E-state index is 12.2. The Balaban J connectivity index is 3.09. The lowest BCUT2D eigenvalue weighted by Crippen LogP contribution is -2.28. The molecule has 0 amide bonds. The fourth-order valence-electron chi connectivity index (χ4n) is 1.82. The number of benzene rings is 1. The van der Waals surface area contributed by atoms with E-state index in [1.54, 1.807) is 18.2 Å². The van der Waals surface area contributed by atoms with E-state index >= 15 is 0 Å². The molecule has 5 heteroatoms. The van der Waals surface area contributed by atoms with Crippen molar-refractivity contribution in [2.24, 2.45) is 5.92 Å². The van der Waals surface area contributed by atoms with Gasteiger partial charge in [-0.3, -0.25) is 0 Å². The van der Waals surface area contributed by atoms with Gasteiger partial charge in [-0.1, -0.05) is 32.9 Å². The molecule has 1 N–H and O–H groups in total. The molecule has 0 aliphatic carbocycles. The smallest absolute Gasteiger partial charge is 0.180 e. The molecule has 0 saturated carbocycles. The van der Waals surface area contributed by atoms with Gasteiger partial charge >= 0.3 is 0 Å². The van der Waals surface area contributed by atoms with Crippen molar-refractivity contribution in [2.75, 3.05) is 16.9 Å². The van der Waals surface area contributed by atoms with E-state index in [-0.39, 0.29) is 11.8 Å². The summed E-state index contributed by atoms with van der Waals surface area (Å²) in [6, 6.07) is 7.08. The second kappa shape index (κ2) is 7.15. The molecule has 0 aromatic heterocycles. The number of hydrogen-bond donors (Lipinski definition) is 1. The van der Waals surface area contributed by atoms with Gasteiger partial charge in [0.1, 0.15) is 0 Å². The standard InChI is InChI=1S/C14H22ClNO2S/c1-4-9-19(17,18)14-8-6-5-7-12(14)16-13(10-15)11(2)3/h5-8,11,13,16H,4,9-10H2,1-3H3. The number of hydrogen-bond acceptors (Lipinski definition) is 3. The van der Waals surface area contributed by atoms with Gasteiger partial charge in [-0.2, -0.15) is 0 Å². The van der Waals surface area contributed by atoms with E-state index in [1.165, 1.54) is 0 Å². The van der Waals surface area contributed by atoms with Crippen LogP contribution in [0.15, 0.2) is 29.2 Å². The maximum Gasteiger partial charge on any atom is 0.180 e. The number of rotatable bonds is 7. The molecule has 0 saturated heterocycles. The summed E-state index contributed by atoms with van der Waals surface area (Å²) in [5.74, 6) is 0.943. The van der Waals surface area contributed by atoms with Gasteiger partial charge in [-0.25, -0.2) is 8.42 Å². The van der Waals surface area contributed by atoms with E-state index in [0.29, 0.717) is 28.8 Å². The first-order valence-corrected chi connectivity index (χ1v) is 8.75. The first-order valence-electron chi connectivity index (χ1n) is 6.56. The summed E-state index contributed by atoms with van der Waals surface area (Å²) in [6.07, 6.45) is 0.611. The second-order valence-corrected chi connectivity index (χ2v) is 7.35. The quantitative estimate of drug-likeness (QED) is 0.784. The Labute approximate surface area is 121 Å². The lowest BCUT2D eigenvalue weighted by atomic mass is 10.1. The summed E-state index contributed by atoms with van der Waals surface area (Å²) in [4.78, 5) is 0.368. The number of para-hydroxylation sites is 1. The van der Waals surface area contributed by atoms with Crippen molar-refractivity contribution in [3.05, 3.63) is 24.3 Å². The predicted octanol–water partition coefficient (Wildman–Crippen LogP) is 3.55. The first kappa shape index (κ1) is 16.3. The molecular weight excluding hydrogens is 282 g/mol. The third-order valence-corrected chi connectivity index (χ3v) is 5.31. The Morgan fingerprint density at radius 2 is 1.89 bits per heavy atom.